The highest BCUT2D eigenvalue weighted by molar-refractivity contribution is 7.14. The normalized spacial score (nSPS) is 10.6. The number of thiazole rings is 1. The molecule has 0 aliphatic carbocycles. The fourth-order valence-electron chi connectivity index (χ4n) is 2.82. The van der Waals surface area contributed by atoms with E-state index in [-0.39, 0.29) is 5.91 Å². The number of nitrogens with one attached hydrogen (secondary N) is 2. The van der Waals surface area contributed by atoms with E-state index in [0.717, 1.165) is 42.0 Å². The van der Waals surface area contributed by atoms with Crippen molar-refractivity contribution < 1.29 is 9.53 Å². The zero-order chi connectivity index (χ0) is 20.6. The maximum Gasteiger partial charge on any atom is 0.271 e. The number of carbonyl (C=O) groups is 1. The van der Waals surface area contributed by atoms with Crippen LogP contribution in [0.2, 0.25) is 0 Å². The van der Waals surface area contributed by atoms with Crippen LogP contribution in [0.1, 0.15) is 46.9 Å². The van der Waals surface area contributed by atoms with Crippen LogP contribution < -0.4 is 15.4 Å². The Hall–Kier alpha value is -2.86. The fourth-order valence-corrected chi connectivity index (χ4v) is 3.52. The van der Waals surface area contributed by atoms with Crippen molar-refractivity contribution in [2.24, 2.45) is 0 Å². The number of nitrogens with zero attached hydrogens (tertiary/aromatic N) is 1. The Morgan fingerprint density at radius 1 is 1.14 bits per heavy atom. The van der Waals surface area contributed by atoms with Crippen molar-refractivity contribution in [3.63, 3.8) is 0 Å². The summed E-state index contributed by atoms with van der Waals surface area (Å²) in [6.07, 6.45) is 2.16. The lowest BCUT2D eigenvalue weighted by molar-refractivity contribution is 0.0946. The van der Waals surface area contributed by atoms with Gasteiger partial charge >= 0.3 is 0 Å². The number of hydrogen-bond acceptors (Lipinski definition) is 5. The second-order valence-electron chi connectivity index (χ2n) is 7.01. The highest BCUT2D eigenvalue weighted by Crippen LogP contribution is 2.24. The summed E-state index contributed by atoms with van der Waals surface area (Å²) in [5, 5.41) is 8.68. The molecule has 0 spiro atoms. The maximum absolute atomic E-state index is 12.4. The van der Waals surface area contributed by atoms with E-state index in [9.17, 15) is 4.79 Å². The molecule has 0 unspecified atom stereocenters. The van der Waals surface area contributed by atoms with Crippen molar-refractivity contribution in [1.29, 1.82) is 0 Å². The van der Waals surface area contributed by atoms with E-state index >= 15 is 0 Å². The molecule has 0 saturated heterocycles. The first kappa shape index (κ1) is 20.9. The van der Waals surface area contributed by atoms with Gasteiger partial charge in [0, 0.05) is 17.6 Å². The topological polar surface area (TPSA) is 63.2 Å². The van der Waals surface area contributed by atoms with E-state index in [0.29, 0.717) is 17.4 Å². The summed E-state index contributed by atoms with van der Waals surface area (Å²) in [5.41, 5.74) is 4.80. The molecule has 0 aliphatic heterocycles. The van der Waals surface area contributed by atoms with Gasteiger partial charge in [-0.1, -0.05) is 43.2 Å². The summed E-state index contributed by atoms with van der Waals surface area (Å²) in [4.78, 5) is 16.8. The van der Waals surface area contributed by atoms with Crippen molar-refractivity contribution in [2.75, 3.05) is 11.9 Å². The number of amides is 1. The second-order valence-corrected chi connectivity index (χ2v) is 7.87. The van der Waals surface area contributed by atoms with Gasteiger partial charge in [-0.25, -0.2) is 4.98 Å². The van der Waals surface area contributed by atoms with Crippen LogP contribution in [0.3, 0.4) is 0 Å². The molecule has 0 atom stereocenters. The van der Waals surface area contributed by atoms with Gasteiger partial charge in [0.1, 0.15) is 11.4 Å². The summed E-state index contributed by atoms with van der Waals surface area (Å²) >= 11 is 1.42. The third kappa shape index (κ3) is 6.06. The van der Waals surface area contributed by atoms with Crippen LogP contribution in [0.4, 0.5) is 10.8 Å². The van der Waals surface area contributed by atoms with Crippen molar-refractivity contribution in [1.82, 2.24) is 10.3 Å². The molecule has 0 saturated carbocycles. The predicted molar refractivity (Wildman–Crippen MR) is 119 cm³/mol. The monoisotopic (exact) mass is 409 g/mol. The zero-order valence-corrected chi connectivity index (χ0v) is 17.9. The average Bonchev–Trinajstić information content (AvgIpc) is 3.18. The first-order valence-electron chi connectivity index (χ1n) is 9.85. The largest absolute Gasteiger partial charge is 0.494 e. The molecule has 0 aliphatic rings. The van der Waals surface area contributed by atoms with Crippen LogP contribution in [0, 0.1) is 13.8 Å². The molecule has 6 heteroatoms. The van der Waals surface area contributed by atoms with Gasteiger partial charge in [0.25, 0.3) is 5.91 Å². The molecule has 1 aromatic heterocycles. The van der Waals surface area contributed by atoms with Gasteiger partial charge in [-0.15, -0.1) is 11.3 Å². The minimum atomic E-state index is -0.182. The average molecular weight is 410 g/mol. The van der Waals surface area contributed by atoms with Crippen molar-refractivity contribution >= 4 is 28.1 Å². The summed E-state index contributed by atoms with van der Waals surface area (Å²) < 4.78 is 5.66. The Morgan fingerprint density at radius 2 is 1.93 bits per heavy atom. The molecule has 0 bridgehead atoms. The highest BCUT2D eigenvalue weighted by Gasteiger charge is 2.11. The SMILES string of the molecule is CCCCOc1ccc(CNC(=O)c2csc(Nc3ccc(C)cc3C)n2)cc1. The number of anilines is 2. The van der Waals surface area contributed by atoms with Crippen LogP contribution >= 0.6 is 11.3 Å². The lowest BCUT2D eigenvalue weighted by Crippen LogP contribution is -2.23. The molecular weight excluding hydrogens is 382 g/mol. The molecule has 5 nitrogen and oxygen atoms in total. The van der Waals surface area contributed by atoms with Crippen LogP contribution in [0.25, 0.3) is 0 Å². The van der Waals surface area contributed by atoms with E-state index in [1.165, 1.54) is 16.9 Å². The van der Waals surface area contributed by atoms with Crippen LogP contribution in [0.5, 0.6) is 5.75 Å². The molecule has 3 aromatic rings. The Labute approximate surface area is 176 Å². The Morgan fingerprint density at radius 3 is 2.66 bits per heavy atom. The number of hydrogen-bond donors (Lipinski definition) is 2. The molecule has 29 heavy (non-hydrogen) atoms. The molecular formula is C23H27N3O2S. The van der Waals surface area contributed by atoms with Gasteiger partial charge in [0.05, 0.1) is 6.61 Å². The zero-order valence-electron chi connectivity index (χ0n) is 17.1. The maximum atomic E-state index is 12.4. The summed E-state index contributed by atoms with van der Waals surface area (Å²) in [5.74, 6) is 0.674. The molecule has 2 aromatic carbocycles. The number of rotatable bonds is 9. The van der Waals surface area contributed by atoms with Gasteiger partial charge in [0.15, 0.2) is 5.13 Å². The number of ether oxygens (including phenoxy) is 1. The number of benzene rings is 2. The third-order valence-electron chi connectivity index (χ3n) is 4.50. The minimum Gasteiger partial charge on any atom is -0.494 e. The van der Waals surface area contributed by atoms with Crippen LogP contribution in [0.15, 0.2) is 47.8 Å². The molecule has 152 valence electrons. The van der Waals surface area contributed by atoms with E-state index in [1.54, 1.807) is 5.38 Å². The summed E-state index contributed by atoms with van der Waals surface area (Å²) in [6, 6.07) is 14.0. The van der Waals surface area contributed by atoms with Crippen molar-refractivity contribution in [2.45, 2.75) is 40.2 Å². The standard InChI is InChI=1S/C23H27N3O2S/c1-4-5-12-28-19-9-7-18(8-10-19)14-24-22(27)21-15-29-23(26-21)25-20-11-6-16(2)13-17(20)3/h6-11,13,15H,4-5,12,14H2,1-3H3,(H,24,27)(H,25,26). The summed E-state index contributed by atoms with van der Waals surface area (Å²) in [7, 11) is 0. The van der Waals surface area contributed by atoms with Gasteiger partial charge in [-0.05, 0) is 49.6 Å². The molecule has 1 heterocycles. The molecule has 1 amide bonds. The number of unbranched alkanes of at least 4 members (excludes halogenated alkanes) is 1. The lowest BCUT2D eigenvalue weighted by Gasteiger charge is -2.08. The minimum absolute atomic E-state index is 0.182. The highest BCUT2D eigenvalue weighted by atomic mass is 32.1. The lowest BCUT2D eigenvalue weighted by atomic mass is 10.1. The van der Waals surface area contributed by atoms with Crippen molar-refractivity contribution in [3.05, 3.63) is 70.2 Å². The van der Waals surface area contributed by atoms with E-state index in [2.05, 4.69) is 48.5 Å². The quantitative estimate of drug-likeness (QED) is 0.451. The van der Waals surface area contributed by atoms with Gasteiger partial charge in [-0.2, -0.15) is 0 Å². The fraction of sp³-hybridized carbons (Fsp3) is 0.304. The van der Waals surface area contributed by atoms with Crippen LogP contribution in [-0.4, -0.2) is 17.5 Å². The molecule has 0 radical (unpaired) electrons. The van der Waals surface area contributed by atoms with Gasteiger partial charge in [-0.3, -0.25) is 4.79 Å². The molecule has 2 N–H and O–H groups in total. The Balaban J connectivity index is 1.52. The third-order valence-corrected chi connectivity index (χ3v) is 5.26. The van der Waals surface area contributed by atoms with Gasteiger partial charge < -0.3 is 15.4 Å². The van der Waals surface area contributed by atoms with E-state index in [1.807, 2.05) is 30.3 Å². The smallest absolute Gasteiger partial charge is 0.271 e. The Bertz CT molecular complexity index is 951. The summed E-state index contributed by atoms with van der Waals surface area (Å²) in [6.45, 7) is 7.44. The van der Waals surface area contributed by atoms with E-state index in [4.69, 9.17) is 4.74 Å². The molecule has 0 fully saturated rings. The van der Waals surface area contributed by atoms with Crippen LogP contribution in [-0.2, 0) is 6.54 Å². The second kappa shape index (κ2) is 10.1. The van der Waals surface area contributed by atoms with Crippen molar-refractivity contribution in [3.8, 4) is 5.75 Å². The Kier molecular flexibility index (Phi) is 7.25. The molecule has 3 rings (SSSR count). The predicted octanol–water partition coefficient (Wildman–Crippen LogP) is 5.61. The first-order chi connectivity index (χ1) is 14.0. The first-order valence-corrected chi connectivity index (χ1v) is 10.7. The van der Waals surface area contributed by atoms with Gasteiger partial charge in [0.2, 0.25) is 0 Å². The number of aryl methyl sites for hydroxylation is 2. The number of aromatic nitrogens is 1. The van der Waals surface area contributed by atoms with E-state index < -0.39 is 0 Å². The number of carbonyl (C=O) groups excluding carboxylic acids is 1.